The molecule has 1 unspecified atom stereocenters. The van der Waals surface area contributed by atoms with Crippen LogP contribution in [0.1, 0.15) is 31.7 Å². The van der Waals surface area contributed by atoms with Crippen molar-refractivity contribution < 1.29 is 14.7 Å². The van der Waals surface area contributed by atoms with Gasteiger partial charge in [-0.25, -0.2) is 0 Å². The maximum atomic E-state index is 12.2. The van der Waals surface area contributed by atoms with Gasteiger partial charge in [-0.2, -0.15) is 0 Å². The highest BCUT2D eigenvalue weighted by molar-refractivity contribution is 5.84. The molecule has 1 amide bonds. The van der Waals surface area contributed by atoms with E-state index in [4.69, 9.17) is 0 Å². The molecule has 0 aromatic heterocycles. The molecule has 2 aromatic carbocycles. The fourth-order valence-electron chi connectivity index (χ4n) is 3.26. The predicted octanol–water partition coefficient (Wildman–Crippen LogP) is 3.39. The van der Waals surface area contributed by atoms with Crippen molar-refractivity contribution in [1.29, 1.82) is 0 Å². The topological polar surface area (TPSA) is 66.4 Å². The van der Waals surface area contributed by atoms with Crippen LogP contribution in [-0.4, -0.2) is 23.5 Å². The second kappa shape index (κ2) is 6.63. The fourth-order valence-corrected chi connectivity index (χ4v) is 3.26. The number of nitrogens with one attached hydrogen (secondary N) is 1. The Morgan fingerprint density at radius 2 is 1.88 bits per heavy atom. The summed E-state index contributed by atoms with van der Waals surface area (Å²) < 4.78 is 0. The summed E-state index contributed by atoms with van der Waals surface area (Å²) in [5, 5.41) is 14.6. The van der Waals surface area contributed by atoms with E-state index < -0.39 is 11.9 Å². The van der Waals surface area contributed by atoms with E-state index in [9.17, 15) is 14.7 Å². The van der Waals surface area contributed by atoms with Crippen molar-refractivity contribution in [1.82, 2.24) is 5.32 Å². The lowest BCUT2D eigenvalue weighted by atomic mass is 9.70. The number of benzene rings is 2. The predicted molar refractivity (Wildman–Crippen MR) is 93.7 cm³/mol. The molecule has 1 atom stereocenters. The van der Waals surface area contributed by atoms with Crippen LogP contribution >= 0.6 is 0 Å². The van der Waals surface area contributed by atoms with E-state index in [0.717, 1.165) is 35.6 Å². The Morgan fingerprint density at radius 3 is 2.50 bits per heavy atom. The van der Waals surface area contributed by atoms with Crippen molar-refractivity contribution in [2.24, 2.45) is 11.3 Å². The zero-order valence-corrected chi connectivity index (χ0v) is 13.9. The summed E-state index contributed by atoms with van der Waals surface area (Å²) >= 11 is 0. The molecule has 24 heavy (non-hydrogen) atoms. The molecule has 126 valence electrons. The van der Waals surface area contributed by atoms with Gasteiger partial charge in [0.2, 0.25) is 5.91 Å². The smallest absolute Gasteiger partial charge is 0.308 e. The summed E-state index contributed by atoms with van der Waals surface area (Å²) in [5.41, 5.74) is 0.677. The van der Waals surface area contributed by atoms with Gasteiger partial charge in [0, 0.05) is 12.0 Å². The highest BCUT2D eigenvalue weighted by Gasteiger charge is 2.39. The number of hydrogen-bond donors (Lipinski definition) is 2. The summed E-state index contributed by atoms with van der Waals surface area (Å²) in [4.78, 5) is 23.8. The molecule has 0 aliphatic heterocycles. The van der Waals surface area contributed by atoms with Gasteiger partial charge in [-0.1, -0.05) is 55.8 Å². The Labute approximate surface area is 141 Å². The third-order valence-electron chi connectivity index (χ3n) is 5.16. The first-order valence-electron chi connectivity index (χ1n) is 8.47. The molecule has 1 aliphatic carbocycles. The van der Waals surface area contributed by atoms with E-state index in [1.54, 1.807) is 0 Å². The minimum Gasteiger partial charge on any atom is -0.481 e. The van der Waals surface area contributed by atoms with E-state index in [1.165, 1.54) is 0 Å². The Kier molecular flexibility index (Phi) is 4.56. The number of carbonyl (C=O) groups is 2. The van der Waals surface area contributed by atoms with Crippen molar-refractivity contribution in [2.45, 2.75) is 32.6 Å². The third-order valence-corrected chi connectivity index (χ3v) is 5.16. The van der Waals surface area contributed by atoms with Gasteiger partial charge in [0.05, 0.1) is 5.92 Å². The normalized spacial score (nSPS) is 17.0. The van der Waals surface area contributed by atoms with Crippen LogP contribution in [0, 0.1) is 11.3 Å². The van der Waals surface area contributed by atoms with E-state index in [1.807, 2.05) is 49.4 Å². The van der Waals surface area contributed by atoms with Crippen molar-refractivity contribution in [2.75, 3.05) is 6.54 Å². The number of aliphatic carboxylic acids is 1. The Balaban J connectivity index is 1.66. The molecule has 3 rings (SSSR count). The Morgan fingerprint density at radius 1 is 1.17 bits per heavy atom. The molecule has 0 saturated heterocycles. The molecule has 1 saturated carbocycles. The number of carbonyl (C=O) groups excluding carboxylic acids is 1. The maximum absolute atomic E-state index is 12.2. The van der Waals surface area contributed by atoms with E-state index in [0.29, 0.717) is 6.42 Å². The highest BCUT2D eigenvalue weighted by atomic mass is 16.4. The lowest BCUT2D eigenvalue weighted by Crippen LogP contribution is -2.46. The average molecular weight is 325 g/mol. The molecule has 2 N–H and O–H groups in total. The molecule has 4 nitrogen and oxygen atoms in total. The lowest BCUT2D eigenvalue weighted by Gasteiger charge is -2.36. The first kappa shape index (κ1) is 16.5. The number of carboxylic acids is 1. The number of fused-ring (bicyclic) bond motifs is 1. The molecule has 1 fully saturated rings. The second-order valence-corrected chi connectivity index (χ2v) is 7.05. The minimum absolute atomic E-state index is 0.0153. The number of carboxylic acid groups (broad SMARTS) is 1. The zero-order valence-electron chi connectivity index (χ0n) is 13.9. The average Bonchev–Trinajstić information content (AvgIpc) is 2.55. The molecule has 0 heterocycles. The van der Waals surface area contributed by atoms with Gasteiger partial charge >= 0.3 is 5.97 Å². The Hall–Kier alpha value is -2.36. The van der Waals surface area contributed by atoms with Crippen molar-refractivity contribution in [3.8, 4) is 0 Å². The van der Waals surface area contributed by atoms with Gasteiger partial charge in [0.1, 0.15) is 0 Å². The minimum atomic E-state index is -0.873. The van der Waals surface area contributed by atoms with Crippen LogP contribution in [0.25, 0.3) is 10.8 Å². The van der Waals surface area contributed by atoms with E-state index >= 15 is 0 Å². The largest absolute Gasteiger partial charge is 0.481 e. The standard InChI is InChI=1S/C20H23NO3/c1-20(9-4-10-20)19(24)21-13-17(18(22)23)12-14-7-8-15-5-2-3-6-16(15)11-14/h2-3,5-8,11,17H,4,9-10,12-13H2,1H3,(H,21,24)(H,22,23). The summed E-state index contributed by atoms with van der Waals surface area (Å²) in [6.07, 6.45) is 3.27. The molecule has 0 radical (unpaired) electrons. The van der Waals surface area contributed by atoms with Gasteiger partial charge in [-0.05, 0) is 35.6 Å². The van der Waals surface area contributed by atoms with Gasteiger partial charge in [-0.3, -0.25) is 9.59 Å². The SMILES string of the molecule is CC1(C(=O)NCC(Cc2ccc3ccccc3c2)C(=O)O)CCC1. The summed E-state index contributed by atoms with van der Waals surface area (Å²) in [5.74, 6) is -1.50. The van der Waals surface area contributed by atoms with Crippen LogP contribution in [0.3, 0.4) is 0 Å². The number of rotatable bonds is 6. The number of hydrogen-bond acceptors (Lipinski definition) is 2. The van der Waals surface area contributed by atoms with Crippen molar-refractivity contribution in [3.63, 3.8) is 0 Å². The van der Waals surface area contributed by atoms with Crippen LogP contribution in [0.5, 0.6) is 0 Å². The van der Waals surface area contributed by atoms with Crippen LogP contribution in [0.2, 0.25) is 0 Å². The molecule has 4 heteroatoms. The van der Waals surface area contributed by atoms with Crippen molar-refractivity contribution in [3.05, 3.63) is 48.0 Å². The van der Waals surface area contributed by atoms with Crippen molar-refractivity contribution >= 4 is 22.6 Å². The van der Waals surface area contributed by atoms with Crippen LogP contribution < -0.4 is 5.32 Å². The molecule has 0 bridgehead atoms. The highest BCUT2D eigenvalue weighted by Crippen LogP contribution is 2.40. The molecule has 2 aromatic rings. The van der Waals surface area contributed by atoms with Crippen LogP contribution in [0.15, 0.2) is 42.5 Å². The second-order valence-electron chi connectivity index (χ2n) is 7.05. The van der Waals surface area contributed by atoms with E-state index in [-0.39, 0.29) is 17.9 Å². The van der Waals surface area contributed by atoms with E-state index in [2.05, 4.69) is 5.32 Å². The lowest BCUT2D eigenvalue weighted by molar-refractivity contribution is -0.142. The zero-order chi connectivity index (χ0) is 17.2. The van der Waals surface area contributed by atoms with Crippen LogP contribution in [0.4, 0.5) is 0 Å². The first-order chi connectivity index (χ1) is 11.5. The van der Waals surface area contributed by atoms with Crippen LogP contribution in [-0.2, 0) is 16.0 Å². The fraction of sp³-hybridized carbons (Fsp3) is 0.400. The summed E-state index contributed by atoms with van der Waals surface area (Å²) in [6.45, 7) is 2.13. The van der Waals surface area contributed by atoms with Gasteiger partial charge < -0.3 is 10.4 Å². The van der Waals surface area contributed by atoms with Gasteiger partial charge in [-0.15, -0.1) is 0 Å². The Bertz CT molecular complexity index is 764. The molecular weight excluding hydrogens is 302 g/mol. The summed E-state index contributed by atoms with van der Waals surface area (Å²) in [7, 11) is 0. The third kappa shape index (κ3) is 3.42. The van der Waals surface area contributed by atoms with Gasteiger partial charge in [0.15, 0.2) is 0 Å². The molecule has 0 spiro atoms. The monoisotopic (exact) mass is 325 g/mol. The number of amides is 1. The summed E-state index contributed by atoms with van der Waals surface area (Å²) in [6, 6.07) is 14.0. The quantitative estimate of drug-likeness (QED) is 0.855. The molecule has 1 aliphatic rings. The maximum Gasteiger partial charge on any atom is 0.308 e. The van der Waals surface area contributed by atoms with Gasteiger partial charge in [0.25, 0.3) is 0 Å². The first-order valence-corrected chi connectivity index (χ1v) is 8.47. The molecular formula is C20H23NO3.